The topological polar surface area (TPSA) is 52.6 Å². The first-order chi connectivity index (χ1) is 32.9. The molecule has 0 N–H and O–H groups in total. The van der Waals surface area contributed by atoms with Crippen LogP contribution in [0.5, 0.6) is 0 Å². The maximum atomic E-state index is 16.8. The quantitative estimate of drug-likeness (QED) is 0.101. The monoisotopic (exact) mass is 934 g/mol. The van der Waals surface area contributed by atoms with Crippen LogP contribution in [0.1, 0.15) is 0 Å². The number of benzene rings is 12. The van der Waals surface area contributed by atoms with Crippen molar-refractivity contribution in [1.82, 2.24) is 0 Å². The Hall–Kier alpha value is -7.31. The Morgan fingerprint density at radius 1 is 0.224 bits per heavy atom. The number of fused-ring (bicyclic) bond motifs is 6. The molecule has 0 aromatic heterocycles. The third-order valence-electron chi connectivity index (χ3n) is 13.5. The van der Waals surface area contributed by atoms with Gasteiger partial charge in [0.2, 0.25) is 0 Å². The molecular weight excluding hydrogens is 893 g/mol. The van der Waals surface area contributed by atoms with Crippen LogP contribution in [0.3, 0.4) is 0 Å². The summed E-state index contributed by atoms with van der Waals surface area (Å²) in [4.78, 5) is 0. The molecular formula is C60H42CrO4Si2. The molecule has 0 aliphatic heterocycles. The van der Waals surface area contributed by atoms with Gasteiger partial charge in [0, 0.05) is 0 Å². The first kappa shape index (κ1) is 41.1. The molecule has 0 unspecified atom stereocenters. The van der Waals surface area contributed by atoms with Gasteiger partial charge in [0.05, 0.1) is 0 Å². The van der Waals surface area contributed by atoms with Crippen LogP contribution in [-0.4, -0.2) is 16.6 Å². The van der Waals surface area contributed by atoms with Crippen molar-refractivity contribution in [2.24, 2.45) is 0 Å². The van der Waals surface area contributed by atoms with Gasteiger partial charge in [0.15, 0.2) is 0 Å². The van der Waals surface area contributed by atoms with Crippen molar-refractivity contribution in [3.63, 3.8) is 0 Å². The van der Waals surface area contributed by atoms with Gasteiger partial charge in [-0.05, 0) is 0 Å². The minimum absolute atomic E-state index is 0.822. The van der Waals surface area contributed by atoms with Crippen molar-refractivity contribution < 1.29 is 28.2 Å². The molecule has 67 heavy (non-hydrogen) atoms. The molecule has 0 saturated carbocycles. The standard InChI is InChI=1S/2C30H21OSi.Cr.2O/c2*31-32(28-19-7-13-22-10-1-4-16-25(22)28,29-20-8-14-23-11-2-5-17-26(23)29)30-21-9-15-24-12-3-6-18-27(24)30;;;/h2*1-21H;;;/q2*-1;+2;;. The zero-order chi connectivity index (χ0) is 45.0. The zero-order valence-electron chi connectivity index (χ0n) is 36.3. The van der Waals surface area contributed by atoms with E-state index in [0.717, 1.165) is 95.8 Å². The van der Waals surface area contributed by atoms with E-state index in [-0.39, 0.29) is 0 Å². The van der Waals surface area contributed by atoms with Gasteiger partial charge in [-0.25, -0.2) is 0 Å². The average molecular weight is 935 g/mol. The maximum absolute atomic E-state index is 16.8. The Kier molecular flexibility index (Phi) is 10.2. The van der Waals surface area contributed by atoms with E-state index in [9.17, 15) is 0 Å². The molecule has 0 heterocycles. The summed E-state index contributed by atoms with van der Waals surface area (Å²) >= 11 is -6.25. The predicted octanol–water partition coefficient (Wildman–Crippen LogP) is 10.9. The number of hydrogen-bond donors (Lipinski definition) is 0. The summed E-state index contributed by atoms with van der Waals surface area (Å²) in [5.74, 6) is 0. The third kappa shape index (κ3) is 6.79. The van der Waals surface area contributed by atoms with Crippen molar-refractivity contribution in [1.29, 1.82) is 0 Å². The summed E-state index contributed by atoms with van der Waals surface area (Å²) < 4.78 is 49.0. The summed E-state index contributed by atoms with van der Waals surface area (Å²) in [6.45, 7) is 0. The number of rotatable bonds is 10. The van der Waals surface area contributed by atoms with E-state index < -0.39 is 30.2 Å². The normalized spacial score (nSPS) is 12.4. The summed E-state index contributed by atoms with van der Waals surface area (Å²) in [7, 11) is -8.55. The predicted molar refractivity (Wildman–Crippen MR) is 277 cm³/mol. The van der Waals surface area contributed by atoms with E-state index in [0.29, 0.717) is 0 Å². The Morgan fingerprint density at radius 3 is 0.582 bits per heavy atom. The van der Waals surface area contributed by atoms with Gasteiger partial charge in [0.1, 0.15) is 0 Å². The molecule has 7 heteroatoms. The van der Waals surface area contributed by atoms with Gasteiger partial charge in [-0.1, -0.05) is 0 Å². The van der Waals surface area contributed by atoms with E-state index in [1.807, 2.05) is 109 Å². The molecule has 320 valence electrons. The van der Waals surface area contributed by atoms with Crippen LogP contribution in [0.15, 0.2) is 255 Å². The Morgan fingerprint density at radius 2 is 0.388 bits per heavy atom. The van der Waals surface area contributed by atoms with Crippen LogP contribution in [-0.2, 0) is 28.2 Å². The van der Waals surface area contributed by atoms with Gasteiger partial charge >= 0.3 is 395 Å². The van der Waals surface area contributed by atoms with E-state index in [1.165, 1.54) is 0 Å². The molecule has 0 bridgehead atoms. The second-order valence-electron chi connectivity index (χ2n) is 17.1. The molecule has 0 spiro atoms. The summed E-state index contributed by atoms with van der Waals surface area (Å²) in [6, 6.07) is 86.5. The minimum atomic E-state index is -6.25. The fourth-order valence-electron chi connectivity index (χ4n) is 10.7. The molecule has 12 aromatic rings. The SMILES string of the molecule is [O]=[Cr](=[O])([O][Si](c1cccc2ccccc12)(c1cccc2ccccc12)c1cccc2ccccc12)[O][Si](c1cccc2ccccc12)(c1cccc2ccccc12)c1cccc2ccccc12. The Bertz CT molecular complexity index is 3330. The molecule has 0 atom stereocenters. The van der Waals surface area contributed by atoms with Crippen molar-refractivity contribution in [3.05, 3.63) is 255 Å². The van der Waals surface area contributed by atoms with Crippen molar-refractivity contribution >= 4 is 112 Å². The van der Waals surface area contributed by atoms with E-state index >= 15 is 7.61 Å². The fourth-order valence-corrected chi connectivity index (χ4v) is 25.2. The van der Waals surface area contributed by atoms with E-state index in [1.54, 1.807) is 0 Å². The molecule has 4 nitrogen and oxygen atoms in total. The average Bonchev–Trinajstić information content (AvgIpc) is 3.38. The zero-order valence-corrected chi connectivity index (χ0v) is 39.6. The van der Waals surface area contributed by atoms with Gasteiger partial charge in [-0.2, -0.15) is 0 Å². The van der Waals surface area contributed by atoms with Crippen molar-refractivity contribution in [2.45, 2.75) is 0 Å². The second-order valence-corrected chi connectivity index (χ2v) is 26.2. The van der Waals surface area contributed by atoms with Crippen LogP contribution < -0.4 is 31.1 Å². The number of hydrogen-bond acceptors (Lipinski definition) is 4. The van der Waals surface area contributed by atoms with Crippen LogP contribution in [0.4, 0.5) is 0 Å². The van der Waals surface area contributed by atoms with Crippen LogP contribution >= 0.6 is 0 Å². The van der Waals surface area contributed by atoms with Crippen LogP contribution in [0.2, 0.25) is 0 Å². The van der Waals surface area contributed by atoms with Gasteiger partial charge in [-0.15, -0.1) is 0 Å². The fraction of sp³-hybridized carbons (Fsp3) is 0. The molecule has 0 aliphatic carbocycles. The van der Waals surface area contributed by atoms with Gasteiger partial charge in [0.25, 0.3) is 0 Å². The molecule has 0 amide bonds. The van der Waals surface area contributed by atoms with Crippen molar-refractivity contribution in [2.75, 3.05) is 0 Å². The van der Waals surface area contributed by atoms with Gasteiger partial charge < -0.3 is 0 Å². The van der Waals surface area contributed by atoms with Crippen LogP contribution in [0, 0.1) is 0 Å². The molecule has 12 aromatic carbocycles. The summed E-state index contributed by atoms with van der Waals surface area (Å²) in [6.07, 6.45) is 0. The molecule has 0 aliphatic rings. The van der Waals surface area contributed by atoms with Crippen LogP contribution in [0.25, 0.3) is 64.6 Å². The summed E-state index contributed by atoms with van der Waals surface area (Å²) in [5, 5.41) is 16.4. The van der Waals surface area contributed by atoms with Crippen molar-refractivity contribution in [3.8, 4) is 0 Å². The first-order valence-corrected chi connectivity index (χ1v) is 28.4. The second kappa shape index (κ2) is 16.5. The Labute approximate surface area is 393 Å². The molecule has 0 fully saturated rings. The summed E-state index contributed by atoms with van der Waals surface area (Å²) in [5.41, 5.74) is 0. The molecule has 0 radical (unpaired) electrons. The first-order valence-electron chi connectivity index (χ1n) is 22.5. The third-order valence-corrected chi connectivity index (χ3v) is 25.8. The molecule has 0 saturated heterocycles. The van der Waals surface area contributed by atoms with E-state index in [2.05, 4.69) is 146 Å². The Balaban J connectivity index is 1.24. The van der Waals surface area contributed by atoms with Gasteiger partial charge in [-0.3, -0.25) is 0 Å². The van der Waals surface area contributed by atoms with E-state index in [4.69, 9.17) is 6.96 Å². The molecule has 12 rings (SSSR count).